The molecule has 7 heteroatoms. The Balaban J connectivity index is 1.84. The summed E-state index contributed by atoms with van der Waals surface area (Å²) in [6, 6.07) is 11.7. The van der Waals surface area contributed by atoms with Crippen molar-refractivity contribution in [2.45, 2.75) is 13.5 Å². The normalized spacial score (nSPS) is 15.5. The molecule has 1 heterocycles. The van der Waals surface area contributed by atoms with Gasteiger partial charge in [0.2, 0.25) is 0 Å². The van der Waals surface area contributed by atoms with Gasteiger partial charge in [-0.15, -0.1) is 0 Å². The van der Waals surface area contributed by atoms with Crippen LogP contribution in [-0.4, -0.2) is 41.5 Å². The minimum absolute atomic E-state index is 0.156. The molecule has 28 heavy (non-hydrogen) atoms. The number of halogens is 1. The van der Waals surface area contributed by atoms with E-state index in [1.165, 1.54) is 17.0 Å². The molecule has 1 aliphatic rings. The molecule has 2 aromatic carbocycles. The Kier molecular flexibility index (Phi) is 5.94. The molecule has 2 aromatic rings. The van der Waals surface area contributed by atoms with E-state index in [1.54, 1.807) is 49.3 Å². The van der Waals surface area contributed by atoms with E-state index in [9.17, 15) is 9.18 Å². The Hall–Kier alpha value is -2.93. The maximum absolute atomic E-state index is 13.3. The summed E-state index contributed by atoms with van der Waals surface area (Å²) in [7, 11) is 3.41. The van der Waals surface area contributed by atoms with Crippen LogP contribution < -0.4 is 9.47 Å². The van der Waals surface area contributed by atoms with Crippen molar-refractivity contribution in [1.82, 2.24) is 9.80 Å². The minimum atomic E-state index is -0.304. The summed E-state index contributed by atoms with van der Waals surface area (Å²) < 4.78 is 24.8. The standard InChI is InChI=1S/C21H21FN2O3S/c1-4-26-19-12-14(11-17-20(25)24(3)21(28)23(17)2)8-9-18(19)27-13-15-6-5-7-16(22)10-15/h5-12H,4,13H2,1-3H3/b17-11+. The third kappa shape index (κ3) is 4.14. The largest absolute Gasteiger partial charge is 0.490 e. The molecule has 0 aromatic heterocycles. The van der Waals surface area contributed by atoms with Gasteiger partial charge in [-0.2, -0.15) is 0 Å². The maximum atomic E-state index is 13.3. The molecule has 5 nitrogen and oxygen atoms in total. The number of ether oxygens (including phenoxy) is 2. The average Bonchev–Trinajstić information content (AvgIpc) is 2.85. The fourth-order valence-corrected chi connectivity index (χ4v) is 3.02. The van der Waals surface area contributed by atoms with Gasteiger partial charge < -0.3 is 14.4 Å². The number of nitrogens with zero attached hydrogens (tertiary/aromatic N) is 2. The van der Waals surface area contributed by atoms with Gasteiger partial charge in [0.15, 0.2) is 16.6 Å². The van der Waals surface area contributed by atoms with Crippen LogP contribution in [0.3, 0.4) is 0 Å². The van der Waals surface area contributed by atoms with Crippen molar-refractivity contribution in [2.24, 2.45) is 0 Å². The first-order chi connectivity index (χ1) is 13.4. The van der Waals surface area contributed by atoms with Crippen LogP contribution in [0, 0.1) is 5.82 Å². The fourth-order valence-electron chi connectivity index (χ4n) is 2.84. The molecule has 1 amide bonds. The molecule has 0 bridgehead atoms. The van der Waals surface area contributed by atoms with Gasteiger partial charge in [-0.25, -0.2) is 4.39 Å². The van der Waals surface area contributed by atoms with Crippen LogP contribution in [0.1, 0.15) is 18.1 Å². The highest BCUT2D eigenvalue weighted by Gasteiger charge is 2.32. The molecule has 0 atom stereocenters. The van der Waals surface area contributed by atoms with Crippen molar-refractivity contribution < 1.29 is 18.7 Å². The van der Waals surface area contributed by atoms with E-state index >= 15 is 0 Å². The summed E-state index contributed by atoms with van der Waals surface area (Å²) in [4.78, 5) is 15.4. The third-order valence-corrected chi connectivity index (χ3v) is 4.86. The smallest absolute Gasteiger partial charge is 0.276 e. The number of rotatable bonds is 6. The number of amides is 1. The van der Waals surface area contributed by atoms with Crippen LogP contribution in [0.25, 0.3) is 6.08 Å². The van der Waals surface area contributed by atoms with E-state index in [0.29, 0.717) is 28.9 Å². The van der Waals surface area contributed by atoms with Crippen LogP contribution in [0.5, 0.6) is 11.5 Å². The van der Waals surface area contributed by atoms with E-state index in [4.69, 9.17) is 21.7 Å². The van der Waals surface area contributed by atoms with Gasteiger partial charge in [0.1, 0.15) is 18.1 Å². The monoisotopic (exact) mass is 400 g/mol. The summed E-state index contributed by atoms with van der Waals surface area (Å²) in [6.07, 6.45) is 1.76. The Labute approximate surface area is 169 Å². The molecule has 0 saturated carbocycles. The van der Waals surface area contributed by atoms with Crippen LogP contribution in [0.15, 0.2) is 48.2 Å². The van der Waals surface area contributed by atoms with Crippen molar-refractivity contribution in [2.75, 3.05) is 20.7 Å². The summed E-state index contributed by atoms with van der Waals surface area (Å²) in [6.45, 7) is 2.56. The lowest BCUT2D eigenvalue weighted by Crippen LogP contribution is -2.26. The Morgan fingerprint density at radius 2 is 1.86 bits per heavy atom. The lowest BCUT2D eigenvalue weighted by atomic mass is 10.1. The predicted molar refractivity (Wildman–Crippen MR) is 109 cm³/mol. The highest BCUT2D eigenvalue weighted by molar-refractivity contribution is 7.80. The highest BCUT2D eigenvalue weighted by Crippen LogP contribution is 2.31. The topological polar surface area (TPSA) is 42.0 Å². The van der Waals surface area contributed by atoms with Gasteiger partial charge in [-0.3, -0.25) is 9.69 Å². The zero-order valence-corrected chi connectivity index (χ0v) is 16.8. The quantitative estimate of drug-likeness (QED) is 0.545. The van der Waals surface area contributed by atoms with Crippen molar-refractivity contribution in [3.8, 4) is 11.5 Å². The van der Waals surface area contributed by atoms with E-state index in [0.717, 1.165) is 11.1 Å². The SMILES string of the molecule is CCOc1cc(/C=C2\C(=O)N(C)C(=S)N2C)ccc1OCc1cccc(F)c1. The van der Waals surface area contributed by atoms with Crippen LogP contribution in [-0.2, 0) is 11.4 Å². The molecule has 1 fully saturated rings. The average molecular weight is 400 g/mol. The molecule has 0 unspecified atom stereocenters. The molecule has 0 spiro atoms. The molecule has 1 aliphatic heterocycles. The second-order valence-electron chi connectivity index (χ2n) is 6.29. The van der Waals surface area contributed by atoms with Gasteiger partial charge in [-0.1, -0.05) is 18.2 Å². The molecular formula is C21H21FN2O3S. The van der Waals surface area contributed by atoms with E-state index in [2.05, 4.69) is 0 Å². The van der Waals surface area contributed by atoms with Crippen molar-refractivity contribution in [1.29, 1.82) is 0 Å². The number of hydrogen-bond acceptors (Lipinski definition) is 4. The van der Waals surface area contributed by atoms with Crippen LogP contribution in [0.2, 0.25) is 0 Å². The Bertz CT molecular complexity index is 945. The summed E-state index contributed by atoms with van der Waals surface area (Å²) >= 11 is 5.23. The van der Waals surface area contributed by atoms with Gasteiger partial charge in [0, 0.05) is 14.1 Å². The number of hydrogen-bond donors (Lipinski definition) is 0. The fraction of sp³-hybridized carbons (Fsp3) is 0.238. The second kappa shape index (κ2) is 8.39. The molecule has 3 rings (SSSR count). The number of benzene rings is 2. The number of thiocarbonyl (C=S) groups is 1. The third-order valence-electron chi connectivity index (χ3n) is 4.31. The highest BCUT2D eigenvalue weighted by atomic mass is 32.1. The van der Waals surface area contributed by atoms with E-state index in [-0.39, 0.29) is 18.3 Å². The van der Waals surface area contributed by atoms with Crippen molar-refractivity contribution >= 4 is 29.3 Å². The van der Waals surface area contributed by atoms with Gasteiger partial charge in [-0.05, 0) is 60.6 Å². The first-order valence-electron chi connectivity index (χ1n) is 8.82. The number of carbonyl (C=O) groups is 1. The maximum Gasteiger partial charge on any atom is 0.276 e. The first-order valence-corrected chi connectivity index (χ1v) is 9.23. The molecule has 1 saturated heterocycles. The zero-order valence-electron chi connectivity index (χ0n) is 15.9. The number of likely N-dealkylation sites (N-methyl/N-ethyl adjacent to an activating group) is 2. The minimum Gasteiger partial charge on any atom is -0.490 e. The Morgan fingerprint density at radius 3 is 2.50 bits per heavy atom. The van der Waals surface area contributed by atoms with Gasteiger partial charge >= 0.3 is 0 Å². The number of carbonyl (C=O) groups excluding carboxylic acids is 1. The molecule has 146 valence electrons. The van der Waals surface area contributed by atoms with Gasteiger partial charge in [0.05, 0.1) is 6.61 Å². The lowest BCUT2D eigenvalue weighted by molar-refractivity contribution is -0.121. The van der Waals surface area contributed by atoms with Gasteiger partial charge in [0.25, 0.3) is 5.91 Å². The molecular weight excluding hydrogens is 379 g/mol. The van der Waals surface area contributed by atoms with E-state index in [1.807, 2.05) is 13.0 Å². The second-order valence-corrected chi connectivity index (χ2v) is 6.66. The van der Waals surface area contributed by atoms with Crippen LogP contribution >= 0.6 is 12.2 Å². The van der Waals surface area contributed by atoms with Crippen LogP contribution in [0.4, 0.5) is 4.39 Å². The lowest BCUT2D eigenvalue weighted by Gasteiger charge is -2.14. The van der Waals surface area contributed by atoms with Crippen molar-refractivity contribution in [3.05, 3.63) is 65.1 Å². The summed E-state index contributed by atoms with van der Waals surface area (Å²) in [5.74, 6) is 0.641. The molecule has 0 N–H and O–H groups in total. The predicted octanol–water partition coefficient (Wildman–Crippen LogP) is 3.83. The molecule has 0 radical (unpaired) electrons. The van der Waals surface area contributed by atoms with E-state index < -0.39 is 0 Å². The van der Waals surface area contributed by atoms with Crippen molar-refractivity contribution in [3.63, 3.8) is 0 Å². The molecule has 0 aliphatic carbocycles. The first kappa shape index (κ1) is 19.8. The summed E-state index contributed by atoms with van der Waals surface area (Å²) in [5, 5.41) is 0.455. The zero-order chi connectivity index (χ0) is 20.3. The Morgan fingerprint density at radius 1 is 1.07 bits per heavy atom. The summed E-state index contributed by atoms with van der Waals surface area (Å²) in [5.41, 5.74) is 2.00.